The molecule has 1 N–H and O–H groups in total. The van der Waals surface area contributed by atoms with Gasteiger partial charge in [0.05, 0.1) is 0 Å². The van der Waals surface area contributed by atoms with Gasteiger partial charge in [0.1, 0.15) is 0 Å². The second-order valence-corrected chi connectivity index (χ2v) is 5.54. The normalized spacial score (nSPS) is 13.7. The molecule has 0 aromatic carbocycles. The summed E-state index contributed by atoms with van der Waals surface area (Å²) in [5, 5.41) is 9.55. The molecule has 0 heterocycles. The summed E-state index contributed by atoms with van der Waals surface area (Å²) in [6.07, 6.45) is 6.00. The van der Waals surface area contributed by atoms with Crippen molar-refractivity contribution in [2.24, 2.45) is 11.8 Å². The lowest BCUT2D eigenvalue weighted by Gasteiger charge is -2.12. The van der Waals surface area contributed by atoms with Crippen molar-refractivity contribution in [3.63, 3.8) is 0 Å². The van der Waals surface area contributed by atoms with Crippen LogP contribution < -0.4 is 0 Å². The third kappa shape index (κ3) is 12.0. The number of ether oxygens (including phenoxy) is 1. The van der Waals surface area contributed by atoms with Gasteiger partial charge < -0.3 is 9.84 Å². The quantitative estimate of drug-likeness (QED) is 0.454. The zero-order valence-corrected chi connectivity index (χ0v) is 11.5. The molecule has 0 fully saturated rings. The topological polar surface area (TPSA) is 29.5 Å². The van der Waals surface area contributed by atoms with Gasteiger partial charge in [-0.2, -0.15) is 0 Å². The molecule has 0 aromatic heterocycles. The molecule has 1 unspecified atom stereocenters. The molecule has 0 amide bonds. The van der Waals surface area contributed by atoms with Gasteiger partial charge in [-0.1, -0.05) is 47.0 Å². The summed E-state index contributed by atoms with van der Waals surface area (Å²) in [4.78, 5) is 0. The minimum Gasteiger partial charge on any atom is -0.368 e. The van der Waals surface area contributed by atoms with Crippen molar-refractivity contribution in [2.45, 2.75) is 72.5 Å². The molecule has 0 radical (unpaired) electrons. The van der Waals surface area contributed by atoms with Gasteiger partial charge in [0, 0.05) is 6.61 Å². The molecule has 0 saturated heterocycles. The van der Waals surface area contributed by atoms with Crippen molar-refractivity contribution in [1.29, 1.82) is 0 Å². The van der Waals surface area contributed by atoms with Gasteiger partial charge in [0.15, 0.2) is 6.29 Å². The zero-order valence-electron chi connectivity index (χ0n) is 11.5. The number of hydrogen-bond donors (Lipinski definition) is 1. The van der Waals surface area contributed by atoms with Gasteiger partial charge in [-0.05, 0) is 31.1 Å². The summed E-state index contributed by atoms with van der Waals surface area (Å²) in [5.41, 5.74) is 0. The Balaban J connectivity index is 3.20. The number of unbranched alkanes of at least 4 members (excludes halogenated alkanes) is 1. The summed E-state index contributed by atoms with van der Waals surface area (Å²) >= 11 is 0. The molecule has 2 heteroatoms. The van der Waals surface area contributed by atoms with Crippen molar-refractivity contribution >= 4 is 0 Å². The van der Waals surface area contributed by atoms with Gasteiger partial charge in [-0.15, -0.1) is 0 Å². The van der Waals surface area contributed by atoms with Crippen molar-refractivity contribution in [1.82, 2.24) is 0 Å². The maximum atomic E-state index is 9.55. The smallest absolute Gasteiger partial charge is 0.154 e. The van der Waals surface area contributed by atoms with Gasteiger partial charge >= 0.3 is 0 Å². The van der Waals surface area contributed by atoms with E-state index in [0.717, 1.165) is 31.1 Å². The van der Waals surface area contributed by atoms with Crippen LogP contribution in [0.4, 0.5) is 0 Å². The standard InChI is InChI=1S/C14H30O2/c1-12(2)8-5-6-11-16-14(15)10-7-9-13(3)4/h12-15H,5-11H2,1-4H3. The lowest BCUT2D eigenvalue weighted by atomic mass is 10.1. The maximum absolute atomic E-state index is 9.55. The second kappa shape index (κ2) is 10.1. The Morgan fingerprint density at radius 2 is 1.38 bits per heavy atom. The minimum atomic E-state index is -0.544. The van der Waals surface area contributed by atoms with Crippen molar-refractivity contribution < 1.29 is 9.84 Å². The van der Waals surface area contributed by atoms with E-state index in [4.69, 9.17) is 4.74 Å². The van der Waals surface area contributed by atoms with E-state index in [1.807, 2.05) is 0 Å². The Kier molecular flexibility index (Phi) is 10.0. The summed E-state index contributed by atoms with van der Waals surface area (Å²) in [5.74, 6) is 1.49. The Morgan fingerprint density at radius 1 is 0.812 bits per heavy atom. The predicted octanol–water partition coefficient (Wildman–Crippen LogP) is 3.97. The Hall–Kier alpha value is -0.0800. The molecule has 0 saturated carbocycles. The monoisotopic (exact) mass is 230 g/mol. The Morgan fingerprint density at radius 3 is 1.94 bits per heavy atom. The first-order valence-corrected chi connectivity index (χ1v) is 6.82. The van der Waals surface area contributed by atoms with E-state index in [1.54, 1.807) is 0 Å². The van der Waals surface area contributed by atoms with Crippen LogP contribution in [0.15, 0.2) is 0 Å². The summed E-state index contributed by atoms with van der Waals surface area (Å²) < 4.78 is 5.36. The van der Waals surface area contributed by atoms with Gasteiger partial charge in [-0.3, -0.25) is 0 Å². The van der Waals surface area contributed by atoms with Crippen LogP contribution in [0, 0.1) is 11.8 Å². The van der Waals surface area contributed by atoms with Crippen LogP contribution in [0.1, 0.15) is 66.2 Å². The fraction of sp³-hybridized carbons (Fsp3) is 1.00. The number of aliphatic hydroxyl groups is 1. The fourth-order valence-corrected chi connectivity index (χ4v) is 1.66. The highest BCUT2D eigenvalue weighted by Crippen LogP contribution is 2.10. The average molecular weight is 230 g/mol. The highest BCUT2D eigenvalue weighted by molar-refractivity contribution is 4.50. The maximum Gasteiger partial charge on any atom is 0.154 e. The zero-order chi connectivity index (χ0) is 12.4. The molecule has 0 spiro atoms. The van der Waals surface area contributed by atoms with E-state index in [2.05, 4.69) is 27.7 Å². The van der Waals surface area contributed by atoms with Crippen molar-refractivity contribution in [3.8, 4) is 0 Å². The minimum absolute atomic E-state index is 0.544. The third-order valence-corrected chi connectivity index (χ3v) is 2.72. The van der Waals surface area contributed by atoms with Crippen LogP contribution in [0.25, 0.3) is 0 Å². The van der Waals surface area contributed by atoms with E-state index >= 15 is 0 Å². The number of hydrogen-bond acceptors (Lipinski definition) is 2. The van der Waals surface area contributed by atoms with E-state index in [-0.39, 0.29) is 0 Å². The molecular weight excluding hydrogens is 200 g/mol. The first-order valence-electron chi connectivity index (χ1n) is 6.82. The van der Waals surface area contributed by atoms with Gasteiger partial charge in [-0.25, -0.2) is 0 Å². The van der Waals surface area contributed by atoms with Crippen LogP contribution in [-0.2, 0) is 4.74 Å². The van der Waals surface area contributed by atoms with E-state index in [1.165, 1.54) is 19.3 Å². The van der Waals surface area contributed by atoms with Crippen LogP contribution in [0.5, 0.6) is 0 Å². The second-order valence-electron chi connectivity index (χ2n) is 5.54. The number of aliphatic hydroxyl groups excluding tert-OH is 1. The first kappa shape index (κ1) is 15.9. The molecule has 0 aliphatic heterocycles. The summed E-state index contributed by atoms with van der Waals surface area (Å²) in [6.45, 7) is 9.59. The lowest BCUT2D eigenvalue weighted by molar-refractivity contribution is -0.105. The summed E-state index contributed by atoms with van der Waals surface area (Å²) in [7, 11) is 0. The van der Waals surface area contributed by atoms with E-state index < -0.39 is 6.29 Å². The van der Waals surface area contributed by atoms with Gasteiger partial charge in [0.2, 0.25) is 0 Å². The predicted molar refractivity (Wildman–Crippen MR) is 69.3 cm³/mol. The highest BCUT2D eigenvalue weighted by atomic mass is 16.6. The SMILES string of the molecule is CC(C)CCCCOC(O)CCCC(C)C. The van der Waals surface area contributed by atoms with Crippen LogP contribution in [-0.4, -0.2) is 18.0 Å². The van der Waals surface area contributed by atoms with Crippen LogP contribution >= 0.6 is 0 Å². The molecular formula is C14H30O2. The largest absolute Gasteiger partial charge is 0.368 e. The summed E-state index contributed by atoms with van der Waals surface area (Å²) in [6, 6.07) is 0. The molecule has 2 nitrogen and oxygen atoms in total. The van der Waals surface area contributed by atoms with E-state index in [9.17, 15) is 5.11 Å². The molecule has 0 rings (SSSR count). The molecule has 0 aromatic rings. The third-order valence-electron chi connectivity index (χ3n) is 2.72. The molecule has 1 atom stereocenters. The van der Waals surface area contributed by atoms with E-state index in [0.29, 0.717) is 6.61 Å². The van der Waals surface area contributed by atoms with Crippen LogP contribution in [0.3, 0.4) is 0 Å². The molecule has 0 bridgehead atoms. The first-order chi connectivity index (χ1) is 7.52. The molecule has 98 valence electrons. The average Bonchev–Trinajstić information content (AvgIpc) is 2.16. The number of rotatable bonds is 10. The van der Waals surface area contributed by atoms with Crippen molar-refractivity contribution in [2.75, 3.05) is 6.61 Å². The molecule has 0 aliphatic rings. The molecule has 16 heavy (non-hydrogen) atoms. The fourth-order valence-electron chi connectivity index (χ4n) is 1.66. The van der Waals surface area contributed by atoms with Crippen molar-refractivity contribution in [3.05, 3.63) is 0 Å². The lowest BCUT2D eigenvalue weighted by Crippen LogP contribution is -2.13. The Labute approximate surface area is 101 Å². The molecule has 0 aliphatic carbocycles. The van der Waals surface area contributed by atoms with Crippen LogP contribution in [0.2, 0.25) is 0 Å². The highest BCUT2D eigenvalue weighted by Gasteiger charge is 2.04. The Bertz CT molecular complexity index is 144. The van der Waals surface area contributed by atoms with Gasteiger partial charge in [0.25, 0.3) is 0 Å².